The van der Waals surface area contributed by atoms with Crippen molar-refractivity contribution in [3.05, 3.63) is 0 Å². The molecule has 1 saturated heterocycles. The summed E-state index contributed by atoms with van der Waals surface area (Å²) in [4.78, 5) is 23.5. The first-order valence-electron chi connectivity index (χ1n) is 4.80. The molecule has 1 aliphatic heterocycles. The van der Waals surface area contributed by atoms with Crippen LogP contribution in [0.5, 0.6) is 0 Å². The number of carbonyl (C=O) groups is 2. The van der Waals surface area contributed by atoms with Gasteiger partial charge in [-0.2, -0.15) is 0 Å². The summed E-state index contributed by atoms with van der Waals surface area (Å²) in [5.41, 5.74) is 5.74. The van der Waals surface area contributed by atoms with Crippen molar-refractivity contribution >= 4 is 11.9 Å². The van der Waals surface area contributed by atoms with Crippen molar-refractivity contribution in [2.45, 2.75) is 12.5 Å². The lowest BCUT2D eigenvalue weighted by molar-refractivity contribution is -0.149. The van der Waals surface area contributed by atoms with Gasteiger partial charge in [-0.05, 0) is 6.42 Å². The molecule has 6 heteroatoms. The summed E-state index contributed by atoms with van der Waals surface area (Å²) in [6, 6.07) is -0.165. The maximum absolute atomic E-state index is 11.3. The number of rotatable bonds is 3. The number of aliphatic carboxylic acids is 1. The number of esters is 1. The Bertz CT molecular complexity index is 256. The standard InChI is InChI=1S/C9H16N2O4/c1-15-9(14)6-2-7(10)4-11(3-6)5-8(12)13/h6-7H,2-5,10H2,1H3,(H,12,13). The third kappa shape index (κ3) is 3.49. The van der Waals surface area contributed by atoms with Crippen LogP contribution in [0.1, 0.15) is 6.42 Å². The van der Waals surface area contributed by atoms with Crippen molar-refractivity contribution in [1.82, 2.24) is 4.90 Å². The molecule has 2 atom stereocenters. The van der Waals surface area contributed by atoms with Crippen LogP contribution < -0.4 is 5.73 Å². The van der Waals surface area contributed by atoms with Gasteiger partial charge in [-0.25, -0.2) is 0 Å². The summed E-state index contributed by atoms with van der Waals surface area (Å²) in [5.74, 6) is -1.54. The molecule has 0 saturated carbocycles. The van der Waals surface area contributed by atoms with Gasteiger partial charge in [-0.3, -0.25) is 14.5 Å². The first-order chi connectivity index (χ1) is 7.02. The van der Waals surface area contributed by atoms with E-state index in [0.29, 0.717) is 19.5 Å². The van der Waals surface area contributed by atoms with Crippen LogP contribution in [0, 0.1) is 5.92 Å². The van der Waals surface area contributed by atoms with Gasteiger partial charge in [0.15, 0.2) is 0 Å². The first kappa shape index (κ1) is 11.9. The monoisotopic (exact) mass is 216 g/mol. The summed E-state index contributed by atoms with van der Waals surface area (Å²) in [5, 5.41) is 8.64. The van der Waals surface area contributed by atoms with Gasteiger partial charge in [0.1, 0.15) is 0 Å². The number of nitrogens with two attached hydrogens (primary N) is 1. The second kappa shape index (κ2) is 5.09. The zero-order chi connectivity index (χ0) is 11.4. The van der Waals surface area contributed by atoms with Crippen LogP contribution in [0.2, 0.25) is 0 Å². The summed E-state index contributed by atoms with van der Waals surface area (Å²) < 4.78 is 4.62. The Morgan fingerprint density at radius 3 is 2.73 bits per heavy atom. The molecule has 15 heavy (non-hydrogen) atoms. The lowest BCUT2D eigenvalue weighted by Crippen LogP contribution is -2.50. The van der Waals surface area contributed by atoms with Crippen molar-refractivity contribution in [2.24, 2.45) is 11.7 Å². The van der Waals surface area contributed by atoms with Crippen LogP contribution in [0.4, 0.5) is 0 Å². The van der Waals surface area contributed by atoms with Crippen molar-refractivity contribution < 1.29 is 19.4 Å². The highest BCUT2D eigenvalue weighted by Crippen LogP contribution is 2.16. The molecule has 1 heterocycles. The Balaban J connectivity index is 2.55. The molecule has 1 aliphatic rings. The number of hydrogen-bond donors (Lipinski definition) is 2. The minimum Gasteiger partial charge on any atom is -0.480 e. The number of likely N-dealkylation sites (tertiary alicyclic amines) is 1. The van der Waals surface area contributed by atoms with Crippen LogP contribution in [0.25, 0.3) is 0 Å². The van der Waals surface area contributed by atoms with E-state index in [0.717, 1.165) is 0 Å². The lowest BCUT2D eigenvalue weighted by Gasteiger charge is -2.33. The number of carboxylic acids is 1. The highest BCUT2D eigenvalue weighted by molar-refractivity contribution is 5.73. The van der Waals surface area contributed by atoms with E-state index in [-0.39, 0.29) is 24.5 Å². The van der Waals surface area contributed by atoms with E-state index in [1.54, 1.807) is 4.90 Å². The first-order valence-corrected chi connectivity index (χ1v) is 4.80. The molecule has 1 rings (SSSR count). The smallest absolute Gasteiger partial charge is 0.317 e. The summed E-state index contributed by atoms with van der Waals surface area (Å²) in [7, 11) is 1.32. The minimum absolute atomic E-state index is 0.0821. The average molecular weight is 216 g/mol. The van der Waals surface area contributed by atoms with Crippen molar-refractivity contribution in [2.75, 3.05) is 26.7 Å². The Morgan fingerprint density at radius 2 is 2.20 bits per heavy atom. The van der Waals surface area contributed by atoms with Crippen LogP contribution in [0.15, 0.2) is 0 Å². The molecule has 0 spiro atoms. The number of nitrogens with zero attached hydrogens (tertiary/aromatic N) is 1. The van der Waals surface area contributed by atoms with E-state index in [4.69, 9.17) is 10.8 Å². The Kier molecular flexibility index (Phi) is 4.05. The Morgan fingerprint density at radius 1 is 1.53 bits per heavy atom. The second-order valence-corrected chi connectivity index (χ2v) is 3.80. The number of methoxy groups -OCH3 is 1. The molecule has 2 unspecified atom stereocenters. The molecular formula is C9H16N2O4. The zero-order valence-electron chi connectivity index (χ0n) is 8.68. The van der Waals surface area contributed by atoms with Gasteiger partial charge in [0.25, 0.3) is 0 Å². The van der Waals surface area contributed by atoms with Gasteiger partial charge >= 0.3 is 11.9 Å². The van der Waals surface area contributed by atoms with Crippen LogP contribution >= 0.6 is 0 Å². The van der Waals surface area contributed by atoms with Crippen LogP contribution in [-0.2, 0) is 14.3 Å². The van der Waals surface area contributed by atoms with E-state index in [1.807, 2.05) is 0 Å². The Labute approximate surface area is 88.0 Å². The van der Waals surface area contributed by atoms with Crippen LogP contribution in [-0.4, -0.2) is 54.7 Å². The summed E-state index contributed by atoms with van der Waals surface area (Å²) >= 11 is 0. The largest absolute Gasteiger partial charge is 0.480 e. The van der Waals surface area contributed by atoms with Gasteiger partial charge in [0, 0.05) is 19.1 Å². The number of carbonyl (C=O) groups excluding carboxylic acids is 1. The maximum Gasteiger partial charge on any atom is 0.317 e. The SMILES string of the molecule is COC(=O)C1CC(N)CN(CC(=O)O)C1. The molecule has 3 N–H and O–H groups in total. The average Bonchev–Trinajstić information content (AvgIpc) is 2.14. The summed E-state index contributed by atoms with van der Waals surface area (Å²) in [6.45, 7) is 0.841. The number of hydrogen-bond acceptors (Lipinski definition) is 5. The molecule has 0 aromatic heterocycles. The second-order valence-electron chi connectivity index (χ2n) is 3.80. The number of carboxylic acid groups (broad SMARTS) is 1. The molecule has 0 bridgehead atoms. The van der Waals surface area contributed by atoms with E-state index in [2.05, 4.69) is 4.74 Å². The number of ether oxygens (including phenoxy) is 1. The fourth-order valence-electron chi connectivity index (χ4n) is 1.89. The van der Waals surface area contributed by atoms with Gasteiger partial charge in [0.2, 0.25) is 0 Å². The van der Waals surface area contributed by atoms with Gasteiger partial charge in [-0.15, -0.1) is 0 Å². The quantitative estimate of drug-likeness (QED) is 0.581. The van der Waals surface area contributed by atoms with E-state index >= 15 is 0 Å². The zero-order valence-corrected chi connectivity index (χ0v) is 8.68. The third-order valence-corrected chi connectivity index (χ3v) is 2.45. The topological polar surface area (TPSA) is 92.9 Å². The lowest BCUT2D eigenvalue weighted by atomic mass is 9.95. The molecule has 0 aliphatic carbocycles. The van der Waals surface area contributed by atoms with E-state index < -0.39 is 5.97 Å². The number of piperidine rings is 1. The summed E-state index contributed by atoms with van der Waals surface area (Å²) in [6.07, 6.45) is 0.558. The van der Waals surface area contributed by atoms with Crippen molar-refractivity contribution in [3.63, 3.8) is 0 Å². The molecule has 6 nitrogen and oxygen atoms in total. The predicted molar refractivity (Wildman–Crippen MR) is 52.2 cm³/mol. The molecule has 1 fully saturated rings. The third-order valence-electron chi connectivity index (χ3n) is 2.45. The fraction of sp³-hybridized carbons (Fsp3) is 0.778. The van der Waals surface area contributed by atoms with Crippen LogP contribution in [0.3, 0.4) is 0 Å². The molecular weight excluding hydrogens is 200 g/mol. The molecule has 0 aromatic rings. The molecule has 0 aromatic carbocycles. The van der Waals surface area contributed by atoms with Gasteiger partial charge in [-0.1, -0.05) is 0 Å². The van der Waals surface area contributed by atoms with E-state index in [9.17, 15) is 9.59 Å². The molecule has 86 valence electrons. The van der Waals surface area contributed by atoms with Crippen molar-refractivity contribution in [3.8, 4) is 0 Å². The minimum atomic E-state index is -0.910. The highest BCUT2D eigenvalue weighted by atomic mass is 16.5. The fourth-order valence-corrected chi connectivity index (χ4v) is 1.89. The molecule has 0 amide bonds. The van der Waals surface area contributed by atoms with Crippen molar-refractivity contribution in [1.29, 1.82) is 0 Å². The molecule has 0 radical (unpaired) electrons. The Hall–Kier alpha value is -1.14. The van der Waals surface area contributed by atoms with Gasteiger partial charge in [0.05, 0.1) is 19.6 Å². The highest BCUT2D eigenvalue weighted by Gasteiger charge is 2.31. The van der Waals surface area contributed by atoms with E-state index in [1.165, 1.54) is 7.11 Å². The van der Waals surface area contributed by atoms with Gasteiger partial charge < -0.3 is 15.6 Å². The normalized spacial score (nSPS) is 27.3. The predicted octanol–water partition coefficient (Wildman–Crippen LogP) is -1.11. The maximum atomic E-state index is 11.3.